The molecule has 3 aliphatic rings. The Morgan fingerprint density at radius 2 is 2.11 bits per heavy atom. The Hall–Kier alpha value is -2.41. The van der Waals surface area contributed by atoms with Gasteiger partial charge in [-0.1, -0.05) is 6.92 Å². The molecule has 27 heavy (non-hydrogen) atoms. The minimum absolute atomic E-state index is 0.115. The fourth-order valence-corrected chi connectivity index (χ4v) is 5.06. The van der Waals surface area contributed by atoms with Crippen LogP contribution in [0.1, 0.15) is 42.6 Å². The summed E-state index contributed by atoms with van der Waals surface area (Å²) in [5.41, 5.74) is 6.40. The molecule has 142 valence electrons. The summed E-state index contributed by atoms with van der Waals surface area (Å²) in [4.78, 5) is 26.0. The van der Waals surface area contributed by atoms with Gasteiger partial charge in [-0.15, -0.1) is 0 Å². The van der Waals surface area contributed by atoms with Crippen molar-refractivity contribution in [2.24, 2.45) is 17.1 Å². The summed E-state index contributed by atoms with van der Waals surface area (Å²) >= 11 is 0. The molecule has 2 saturated carbocycles. The Labute approximate surface area is 155 Å². The third-order valence-electron chi connectivity index (χ3n) is 6.70. The SMILES string of the molecule is C[C@]12C[C@H](N)[C@@H]1CN(c1cc3c(cc1F)c(=O)c(C(=O)O)cn3C1CC1)C2. The lowest BCUT2D eigenvalue weighted by Gasteiger charge is -2.46. The molecule has 0 unspecified atom stereocenters. The van der Waals surface area contributed by atoms with E-state index in [2.05, 4.69) is 6.92 Å². The van der Waals surface area contributed by atoms with Crippen molar-refractivity contribution in [3.63, 3.8) is 0 Å². The van der Waals surface area contributed by atoms with Crippen molar-refractivity contribution < 1.29 is 14.3 Å². The third kappa shape index (κ3) is 2.34. The van der Waals surface area contributed by atoms with Gasteiger partial charge in [-0.3, -0.25) is 4.79 Å². The summed E-state index contributed by atoms with van der Waals surface area (Å²) in [5.74, 6) is -1.41. The zero-order chi connectivity index (χ0) is 19.1. The molecule has 0 spiro atoms. The van der Waals surface area contributed by atoms with E-state index in [1.54, 1.807) is 6.07 Å². The van der Waals surface area contributed by atoms with Gasteiger partial charge >= 0.3 is 5.97 Å². The second-order valence-electron chi connectivity index (χ2n) is 8.65. The highest BCUT2D eigenvalue weighted by Gasteiger charge is 2.54. The van der Waals surface area contributed by atoms with Crippen molar-refractivity contribution in [3.05, 3.63) is 39.9 Å². The van der Waals surface area contributed by atoms with Crippen LogP contribution in [0.3, 0.4) is 0 Å². The fraction of sp³-hybridized carbons (Fsp3) is 0.500. The highest BCUT2D eigenvalue weighted by Crippen LogP contribution is 2.52. The van der Waals surface area contributed by atoms with E-state index >= 15 is 0 Å². The van der Waals surface area contributed by atoms with E-state index in [9.17, 15) is 19.1 Å². The van der Waals surface area contributed by atoms with E-state index in [-0.39, 0.29) is 28.4 Å². The maximum atomic E-state index is 15.0. The number of carboxylic acid groups (broad SMARTS) is 1. The topological polar surface area (TPSA) is 88.6 Å². The average molecular weight is 371 g/mol. The van der Waals surface area contributed by atoms with Gasteiger partial charge in [0, 0.05) is 36.8 Å². The highest BCUT2D eigenvalue weighted by molar-refractivity contribution is 5.93. The average Bonchev–Trinajstić information content (AvgIpc) is 3.39. The van der Waals surface area contributed by atoms with E-state index in [4.69, 9.17) is 5.73 Å². The van der Waals surface area contributed by atoms with Gasteiger partial charge in [0.15, 0.2) is 0 Å². The predicted octanol–water partition coefficient (Wildman–Crippen LogP) is 2.35. The monoisotopic (exact) mass is 371 g/mol. The molecule has 1 aromatic heterocycles. The number of nitrogens with two attached hydrogens (primary N) is 1. The number of nitrogens with zero attached hydrogens (tertiary/aromatic N) is 2. The van der Waals surface area contributed by atoms with Gasteiger partial charge in [-0.25, -0.2) is 9.18 Å². The number of aromatic carboxylic acids is 1. The van der Waals surface area contributed by atoms with Crippen LogP contribution in [-0.4, -0.2) is 34.8 Å². The van der Waals surface area contributed by atoms with Crippen molar-refractivity contribution in [1.29, 1.82) is 0 Å². The number of pyridine rings is 1. The molecule has 3 fully saturated rings. The summed E-state index contributed by atoms with van der Waals surface area (Å²) in [6.45, 7) is 3.65. The van der Waals surface area contributed by atoms with Gasteiger partial charge in [0.25, 0.3) is 0 Å². The van der Waals surface area contributed by atoms with Crippen LogP contribution >= 0.6 is 0 Å². The molecule has 7 heteroatoms. The lowest BCUT2D eigenvalue weighted by atomic mass is 9.60. The van der Waals surface area contributed by atoms with E-state index in [1.165, 1.54) is 12.3 Å². The largest absolute Gasteiger partial charge is 0.477 e. The molecule has 1 aliphatic heterocycles. The zero-order valence-electron chi connectivity index (χ0n) is 15.1. The minimum atomic E-state index is -1.28. The number of benzene rings is 1. The summed E-state index contributed by atoms with van der Waals surface area (Å²) in [6, 6.07) is 3.26. The lowest BCUT2D eigenvalue weighted by molar-refractivity contribution is 0.0694. The maximum absolute atomic E-state index is 15.0. The first-order valence-corrected chi connectivity index (χ1v) is 9.41. The number of rotatable bonds is 3. The molecule has 0 amide bonds. The van der Waals surface area contributed by atoms with Crippen LogP contribution in [0.5, 0.6) is 0 Å². The number of anilines is 1. The number of halogens is 1. The Kier molecular flexibility index (Phi) is 3.30. The first-order valence-electron chi connectivity index (χ1n) is 9.41. The second-order valence-corrected chi connectivity index (χ2v) is 8.65. The van der Waals surface area contributed by atoms with Gasteiger partial charge in [0.05, 0.1) is 11.2 Å². The Balaban J connectivity index is 1.67. The molecule has 0 bridgehead atoms. The van der Waals surface area contributed by atoms with Crippen LogP contribution in [0, 0.1) is 17.2 Å². The first kappa shape index (κ1) is 16.7. The van der Waals surface area contributed by atoms with Gasteiger partial charge in [0.1, 0.15) is 11.4 Å². The normalized spacial score (nSPS) is 29.7. The van der Waals surface area contributed by atoms with Gasteiger partial charge in [0.2, 0.25) is 5.43 Å². The highest BCUT2D eigenvalue weighted by atomic mass is 19.1. The maximum Gasteiger partial charge on any atom is 0.341 e. The molecule has 6 nitrogen and oxygen atoms in total. The summed E-state index contributed by atoms with van der Waals surface area (Å²) < 4.78 is 16.8. The Morgan fingerprint density at radius 3 is 2.70 bits per heavy atom. The Bertz CT molecular complexity index is 1040. The van der Waals surface area contributed by atoms with Crippen LogP contribution in [0.2, 0.25) is 0 Å². The molecule has 0 radical (unpaired) electrons. The minimum Gasteiger partial charge on any atom is -0.477 e. The summed E-state index contributed by atoms with van der Waals surface area (Å²) in [6.07, 6.45) is 4.22. The van der Waals surface area contributed by atoms with Crippen molar-refractivity contribution in [1.82, 2.24) is 4.57 Å². The molecule has 1 saturated heterocycles. The van der Waals surface area contributed by atoms with E-state index in [0.29, 0.717) is 23.7 Å². The smallest absolute Gasteiger partial charge is 0.341 e. The van der Waals surface area contributed by atoms with Crippen molar-refractivity contribution in [3.8, 4) is 0 Å². The van der Waals surface area contributed by atoms with Crippen LogP contribution in [0.4, 0.5) is 10.1 Å². The molecular weight excluding hydrogens is 349 g/mol. The number of hydrogen-bond acceptors (Lipinski definition) is 4. The van der Waals surface area contributed by atoms with Gasteiger partial charge in [-0.05, 0) is 42.7 Å². The van der Waals surface area contributed by atoms with Gasteiger partial charge in [-0.2, -0.15) is 0 Å². The molecular formula is C20H22FN3O3. The number of fused-ring (bicyclic) bond motifs is 2. The number of carbonyl (C=O) groups is 1. The molecule has 3 atom stereocenters. The van der Waals surface area contributed by atoms with E-state index in [1.807, 2.05) is 9.47 Å². The van der Waals surface area contributed by atoms with E-state index < -0.39 is 17.2 Å². The molecule has 2 aromatic rings. The zero-order valence-corrected chi connectivity index (χ0v) is 15.1. The molecule has 5 rings (SSSR count). The molecule has 2 aliphatic carbocycles. The summed E-state index contributed by atoms with van der Waals surface area (Å²) in [7, 11) is 0. The molecule has 2 heterocycles. The number of aromatic nitrogens is 1. The Morgan fingerprint density at radius 1 is 1.37 bits per heavy atom. The van der Waals surface area contributed by atoms with Crippen LogP contribution in [0.15, 0.2) is 23.1 Å². The second kappa shape index (κ2) is 5.32. The van der Waals surface area contributed by atoms with Crippen LogP contribution in [0.25, 0.3) is 10.9 Å². The van der Waals surface area contributed by atoms with E-state index in [0.717, 1.165) is 25.8 Å². The van der Waals surface area contributed by atoms with Crippen LogP contribution < -0.4 is 16.1 Å². The van der Waals surface area contributed by atoms with Crippen molar-refractivity contribution >= 4 is 22.6 Å². The fourth-order valence-electron chi connectivity index (χ4n) is 5.06. The van der Waals surface area contributed by atoms with Gasteiger partial charge < -0.3 is 20.3 Å². The first-order chi connectivity index (χ1) is 12.8. The number of hydrogen-bond donors (Lipinski definition) is 2. The number of carboxylic acids is 1. The van der Waals surface area contributed by atoms with Crippen molar-refractivity contribution in [2.45, 2.75) is 38.3 Å². The molecule has 1 aromatic carbocycles. The summed E-state index contributed by atoms with van der Waals surface area (Å²) in [5, 5.41) is 9.47. The van der Waals surface area contributed by atoms with Crippen LogP contribution in [-0.2, 0) is 0 Å². The lowest BCUT2D eigenvalue weighted by Crippen LogP contribution is -2.53. The molecule has 3 N–H and O–H groups in total. The standard InChI is InChI=1S/C20H22FN3O3/c1-20-6-15(22)13(20)8-23(9-20)17-5-16-11(4-14(17)21)18(25)12(19(26)27)7-24(16)10-2-3-10/h4-5,7,10,13,15H,2-3,6,8-9,22H2,1H3,(H,26,27)/t13-,15-,20+/m0/s1. The quantitative estimate of drug-likeness (QED) is 0.865. The predicted molar refractivity (Wildman–Crippen MR) is 99.8 cm³/mol. The van der Waals surface area contributed by atoms with Crippen molar-refractivity contribution in [2.75, 3.05) is 18.0 Å². The third-order valence-corrected chi connectivity index (χ3v) is 6.70.